The Balaban J connectivity index is 1.91. The lowest BCUT2D eigenvalue weighted by atomic mass is 10.3. The standard InChI is InChI=1S/C13H19BrN6/c1-18-6-8-19(9-7-18)12-3-2-11-16-10(4-5-15)13(14)20(11)17-12/h2-3H,4-9,15H2,1H3. The van der Waals surface area contributed by atoms with E-state index in [4.69, 9.17) is 10.8 Å². The summed E-state index contributed by atoms with van der Waals surface area (Å²) in [5, 5.41) is 4.70. The Morgan fingerprint density at radius 2 is 2.00 bits per heavy atom. The second kappa shape index (κ2) is 5.67. The fourth-order valence-corrected chi connectivity index (χ4v) is 2.99. The molecule has 2 aromatic heterocycles. The van der Waals surface area contributed by atoms with Crippen LogP contribution < -0.4 is 10.6 Å². The molecule has 0 aliphatic carbocycles. The third kappa shape index (κ3) is 2.53. The molecule has 0 radical (unpaired) electrons. The van der Waals surface area contributed by atoms with Crippen LogP contribution in [0.2, 0.25) is 0 Å². The summed E-state index contributed by atoms with van der Waals surface area (Å²) in [5.74, 6) is 1.00. The minimum Gasteiger partial charge on any atom is -0.353 e. The average molecular weight is 339 g/mol. The molecular formula is C13H19BrN6. The van der Waals surface area contributed by atoms with E-state index in [1.165, 1.54) is 0 Å². The number of nitrogens with two attached hydrogens (primary N) is 1. The molecule has 1 saturated heterocycles. The van der Waals surface area contributed by atoms with E-state index in [0.29, 0.717) is 6.54 Å². The van der Waals surface area contributed by atoms with Gasteiger partial charge in [0.25, 0.3) is 0 Å². The molecule has 6 nitrogen and oxygen atoms in total. The number of hydrogen-bond donors (Lipinski definition) is 1. The van der Waals surface area contributed by atoms with E-state index < -0.39 is 0 Å². The number of fused-ring (bicyclic) bond motifs is 1. The Hall–Kier alpha value is -1.18. The van der Waals surface area contributed by atoms with Crippen molar-refractivity contribution in [2.24, 2.45) is 5.73 Å². The number of hydrogen-bond acceptors (Lipinski definition) is 5. The summed E-state index contributed by atoms with van der Waals surface area (Å²) in [6.07, 6.45) is 0.758. The zero-order valence-corrected chi connectivity index (χ0v) is 13.2. The summed E-state index contributed by atoms with van der Waals surface area (Å²) < 4.78 is 2.77. The van der Waals surface area contributed by atoms with Crippen LogP contribution in [0.5, 0.6) is 0 Å². The van der Waals surface area contributed by atoms with Crippen LogP contribution in [0.3, 0.4) is 0 Å². The van der Waals surface area contributed by atoms with Crippen molar-refractivity contribution in [3.05, 3.63) is 22.4 Å². The van der Waals surface area contributed by atoms with Gasteiger partial charge in [-0.1, -0.05) is 0 Å². The molecule has 2 aromatic rings. The van der Waals surface area contributed by atoms with Crippen molar-refractivity contribution in [3.8, 4) is 0 Å². The zero-order chi connectivity index (χ0) is 14.1. The van der Waals surface area contributed by atoms with Gasteiger partial charge in [0.1, 0.15) is 10.4 Å². The molecule has 3 heterocycles. The van der Waals surface area contributed by atoms with Crippen molar-refractivity contribution in [2.45, 2.75) is 6.42 Å². The number of nitrogens with zero attached hydrogens (tertiary/aromatic N) is 5. The van der Waals surface area contributed by atoms with E-state index in [1.807, 2.05) is 16.6 Å². The lowest BCUT2D eigenvalue weighted by Gasteiger charge is -2.33. The van der Waals surface area contributed by atoms with Crippen LogP contribution in [0.25, 0.3) is 5.65 Å². The van der Waals surface area contributed by atoms with Gasteiger partial charge in [-0.2, -0.15) is 0 Å². The number of anilines is 1. The lowest BCUT2D eigenvalue weighted by Crippen LogP contribution is -2.44. The summed E-state index contributed by atoms with van der Waals surface area (Å²) in [5.41, 5.74) is 7.44. The van der Waals surface area contributed by atoms with Gasteiger partial charge in [-0.25, -0.2) is 9.50 Å². The minimum absolute atomic E-state index is 0.591. The van der Waals surface area contributed by atoms with Crippen LogP contribution in [0, 0.1) is 0 Å². The number of piperazine rings is 1. The number of likely N-dealkylation sites (N-methyl/N-ethyl adjacent to an activating group) is 1. The van der Waals surface area contributed by atoms with Crippen molar-refractivity contribution in [2.75, 3.05) is 44.7 Å². The molecule has 0 aromatic carbocycles. The van der Waals surface area contributed by atoms with Crippen molar-refractivity contribution in [1.29, 1.82) is 0 Å². The van der Waals surface area contributed by atoms with E-state index in [9.17, 15) is 0 Å². The molecule has 20 heavy (non-hydrogen) atoms. The number of aromatic nitrogens is 3. The Bertz CT molecular complexity index is 602. The van der Waals surface area contributed by atoms with Crippen LogP contribution in [0.4, 0.5) is 5.82 Å². The minimum atomic E-state index is 0.591. The van der Waals surface area contributed by atoms with E-state index in [2.05, 4.69) is 37.8 Å². The SMILES string of the molecule is CN1CCN(c2ccc3nc(CCN)c(Br)n3n2)CC1. The smallest absolute Gasteiger partial charge is 0.155 e. The van der Waals surface area contributed by atoms with Gasteiger partial charge in [0, 0.05) is 32.6 Å². The summed E-state index contributed by atoms with van der Waals surface area (Å²) in [6.45, 7) is 4.76. The van der Waals surface area contributed by atoms with Gasteiger partial charge in [-0.05, 0) is 41.7 Å². The van der Waals surface area contributed by atoms with Crippen LogP contribution in [-0.2, 0) is 6.42 Å². The van der Waals surface area contributed by atoms with Gasteiger partial charge in [0.05, 0.1) is 5.69 Å². The molecule has 7 heteroatoms. The summed E-state index contributed by atoms with van der Waals surface area (Å²) in [6, 6.07) is 4.07. The molecule has 108 valence electrons. The first kappa shape index (κ1) is 13.8. The maximum absolute atomic E-state index is 5.61. The van der Waals surface area contributed by atoms with E-state index in [-0.39, 0.29) is 0 Å². The fraction of sp³-hybridized carbons (Fsp3) is 0.538. The van der Waals surface area contributed by atoms with Crippen molar-refractivity contribution >= 4 is 27.4 Å². The second-order valence-electron chi connectivity index (χ2n) is 5.14. The molecule has 0 spiro atoms. The Morgan fingerprint density at radius 3 is 2.70 bits per heavy atom. The molecule has 1 fully saturated rings. The molecule has 2 N–H and O–H groups in total. The largest absolute Gasteiger partial charge is 0.353 e. The number of rotatable bonds is 3. The Morgan fingerprint density at radius 1 is 1.25 bits per heavy atom. The van der Waals surface area contributed by atoms with Crippen LogP contribution in [-0.4, -0.2) is 59.3 Å². The van der Waals surface area contributed by atoms with E-state index >= 15 is 0 Å². The van der Waals surface area contributed by atoms with E-state index in [1.54, 1.807) is 0 Å². The summed E-state index contributed by atoms with van der Waals surface area (Å²) in [4.78, 5) is 9.20. The summed E-state index contributed by atoms with van der Waals surface area (Å²) in [7, 11) is 2.15. The molecule has 0 saturated carbocycles. The monoisotopic (exact) mass is 338 g/mol. The Kier molecular flexibility index (Phi) is 3.91. The maximum Gasteiger partial charge on any atom is 0.155 e. The first-order valence-corrected chi connectivity index (χ1v) is 7.66. The van der Waals surface area contributed by atoms with Gasteiger partial charge in [-0.15, -0.1) is 5.10 Å². The molecule has 1 aliphatic rings. The molecule has 0 unspecified atom stereocenters. The van der Waals surface area contributed by atoms with Crippen molar-refractivity contribution < 1.29 is 0 Å². The molecule has 1 aliphatic heterocycles. The van der Waals surface area contributed by atoms with E-state index in [0.717, 1.165) is 54.4 Å². The molecule has 0 atom stereocenters. The number of halogens is 1. The van der Waals surface area contributed by atoms with Gasteiger partial charge in [0.15, 0.2) is 5.65 Å². The Labute approximate surface area is 126 Å². The molecule has 0 bridgehead atoms. The fourth-order valence-electron chi connectivity index (χ4n) is 2.44. The highest BCUT2D eigenvalue weighted by molar-refractivity contribution is 9.10. The topological polar surface area (TPSA) is 62.7 Å². The average Bonchev–Trinajstić information content (AvgIpc) is 2.77. The predicted molar refractivity (Wildman–Crippen MR) is 83.2 cm³/mol. The highest BCUT2D eigenvalue weighted by atomic mass is 79.9. The zero-order valence-electron chi connectivity index (χ0n) is 11.6. The quantitative estimate of drug-likeness (QED) is 0.894. The molecule has 3 rings (SSSR count). The van der Waals surface area contributed by atoms with Crippen LogP contribution in [0.1, 0.15) is 5.69 Å². The number of imidazole rings is 1. The highest BCUT2D eigenvalue weighted by Crippen LogP contribution is 2.21. The van der Waals surface area contributed by atoms with Gasteiger partial charge in [-0.3, -0.25) is 0 Å². The highest BCUT2D eigenvalue weighted by Gasteiger charge is 2.17. The third-order valence-corrected chi connectivity index (χ3v) is 4.48. The predicted octanol–water partition coefficient (Wildman–Crippen LogP) is 0.745. The lowest BCUT2D eigenvalue weighted by molar-refractivity contribution is 0.311. The van der Waals surface area contributed by atoms with Gasteiger partial charge < -0.3 is 15.5 Å². The van der Waals surface area contributed by atoms with Crippen LogP contribution in [0.15, 0.2) is 16.7 Å². The van der Waals surface area contributed by atoms with Gasteiger partial charge in [0.2, 0.25) is 0 Å². The van der Waals surface area contributed by atoms with Crippen molar-refractivity contribution in [3.63, 3.8) is 0 Å². The summed E-state index contributed by atoms with van der Waals surface area (Å²) >= 11 is 3.58. The first-order chi connectivity index (χ1) is 9.69. The normalized spacial score (nSPS) is 17.1. The third-order valence-electron chi connectivity index (χ3n) is 3.68. The molecule has 0 amide bonds. The molecular weight excluding hydrogens is 320 g/mol. The van der Waals surface area contributed by atoms with Crippen LogP contribution >= 0.6 is 15.9 Å². The van der Waals surface area contributed by atoms with Crippen molar-refractivity contribution in [1.82, 2.24) is 19.5 Å². The second-order valence-corrected chi connectivity index (χ2v) is 5.89. The van der Waals surface area contributed by atoms with Gasteiger partial charge >= 0.3 is 0 Å². The first-order valence-electron chi connectivity index (χ1n) is 6.87. The maximum atomic E-state index is 5.61.